The maximum Gasteiger partial charge on any atom is 0.253 e. The number of pyridine rings is 1. The van der Waals surface area contributed by atoms with Crippen LogP contribution in [0.1, 0.15) is 16.2 Å². The van der Waals surface area contributed by atoms with Gasteiger partial charge in [0.1, 0.15) is 5.82 Å². The van der Waals surface area contributed by atoms with E-state index in [0.717, 1.165) is 12.3 Å². The van der Waals surface area contributed by atoms with Crippen molar-refractivity contribution in [1.82, 2.24) is 25.3 Å². The van der Waals surface area contributed by atoms with Gasteiger partial charge in [0.05, 0.1) is 31.5 Å². The first-order valence-electron chi connectivity index (χ1n) is 8.16. The minimum absolute atomic E-state index is 0.0933. The van der Waals surface area contributed by atoms with Gasteiger partial charge >= 0.3 is 0 Å². The molecule has 3 rings (SSSR count). The number of morpholine rings is 1. The predicted molar refractivity (Wildman–Crippen MR) is 92.6 cm³/mol. The molecular formula is C16H20FN7O2. The molecule has 2 aromatic rings. The van der Waals surface area contributed by atoms with Crippen LogP contribution >= 0.6 is 0 Å². The number of carbonyl (C=O) groups is 1. The van der Waals surface area contributed by atoms with E-state index in [2.05, 4.69) is 25.3 Å². The summed E-state index contributed by atoms with van der Waals surface area (Å²) in [6.07, 6.45) is 2.34. The number of aromatic nitrogens is 4. The van der Waals surface area contributed by atoms with Crippen molar-refractivity contribution < 1.29 is 13.9 Å². The lowest BCUT2D eigenvalue weighted by atomic mass is 10.2. The molecule has 9 nitrogen and oxygen atoms in total. The number of nitrogens with one attached hydrogen (secondary N) is 1. The number of hydrogen-bond acceptors (Lipinski definition) is 8. The van der Waals surface area contributed by atoms with Crippen LogP contribution < -0.4 is 15.1 Å². The van der Waals surface area contributed by atoms with E-state index in [-0.39, 0.29) is 12.1 Å². The van der Waals surface area contributed by atoms with Gasteiger partial charge in [0.15, 0.2) is 5.82 Å². The molecule has 0 aromatic carbocycles. The summed E-state index contributed by atoms with van der Waals surface area (Å²) in [5.74, 6) is 0.448. The molecule has 26 heavy (non-hydrogen) atoms. The van der Waals surface area contributed by atoms with Crippen molar-refractivity contribution in [3.05, 3.63) is 35.7 Å². The van der Waals surface area contributed by atoms with Gasteiger partial charge in [0, 0.05) is 33.4 Å². The monoisotopic (exact) mass is 361 g/mol. The lowest BCUT2D eigenvalue weighted by molar-refractivity contribution is 0.0949. The van der Waals surface area contributed by atoms with E-state index in [1.807, 2.05) is 19.0 Å². The summed E-state index contributed by atoms with van der Waals surface area (Å²) < 4.78 is 18.5. The average molecular weight is 361 g/mol. The fraction of sp³-hybridized carbons (Fsp3) is 0.438. The Bertz CT molecular complexity index is 781. The standard InChI is InChI=1S/C16H20FN7O2/c1-23(2)15-20-13(21-16(22-15)24-3-5-26-6-4-24)10-19-14(25)11-7-12(17)9-18-8-11/h7-9H,3-6,10H2,1-2H3,(H,19,25). The van der Waals surface area contributed by atoms with Gasteiger partial charge in [-0.3, -0.25) is 9.78 Å². The zero-order valence-corrected chi connectivity index (χ0v) is 14.6. The van der Waals surface area contributed by atoms with Crippen molar-refractivity contribution in [2.45, 2.75) is 6.54 Å². The van der Waals surface area contributed by atoms with Gasteiger partial charge in [-0.25, -0.2) is 4.39 Å². The number of rotatable bonds is 5. The lowest BCUT2D eigenvalue weighted by Crippen LogP contribution is -2.38. The summed E-state index contributed by atoms with van der Waals surface area (Å²) in [4.78, 5) is 32.9. The van der Waals surface area contributed by atoms with E-state index in [1.165, 1.54) is 6.20 Å². The number of hydrogen-bond donors (Lipinski definition) is 1. The predicted octanol–water partition coefficient (Wildman–Crippen LogP) is 0.238. The van der Waals surface area contributed by atoms with Gasteiger partial charge in [-0.1, -0.05) is 0 Å². The molecule has 0 spiro atoms. The largest absolute Gasteiger partial charge is 0.378 e. The lowest BCUT2D eigenvalue weighted by Gasteiger charge is -2.27. The summed E-state index contributed by atoms with van der Waals surface area (Å²) in [6, 6.07) is 1.13. The molecule has 0 saturated carbocycles. The second-order valence-electron chi connectivity index (χ2n) is 5.92. The van der Waals surface area contributed by atoms with Crippen LogP contribution in [0.4, 0.5) is 16.3 Å². The first-order chi connectivity index (χ1) is 12.5. The number of halogens is 1. The number of carbonyl (C=O) groups excluding carboxylic acids is 1. The van der Waals surface area contributed by atoms with Crippen molar-refractivity contribution in [3.8, 4) is 0 Å². The topological polar surface area (TPSA) is 96.4 Å². The molecule has 0 atom stereocenters. The summed E-state index contributed by atoms with van der Waals surface area (Å²) in [7, 11) is 3.67. The van der Waals surface area contributed by atoms with Gasteiger partial charge in [0.25, 0.3) is 5.91 Å². The minimum Gasteiger partial charge on any atom is -0.378 e. The summed E-state index contributed by atoms with van der Waals surface area (Å²) >= 11 is 0. The smallest absolute Gasteiger partial charge is 0.253 e. The molecule has 0 unspecified atom stereocenters. The quantitative estimate of drug-likeness (QED) is 0.809. The highest BCUT2D eigenvalue weighted by Crippen LogP contribution is 2.14. The molecule has 1 saturated heterocycles. The molecular weight excluding hydrogens is 341 g/mol. The second kappa shape index (κ2) is 8.00. The van der Waals surface area contributed by atoms with Crippen LogP contribution in [0.25, 0.3) is 0 Å². The summed E-state index contributed by atoms with van der Waals surface area (Å²) in [5, 5.41) is 2.68. The molecule has 0 aliphatic carbocycles. The first kappa shape index (κ1) is 17.9. The number of ether oxygens (including phenoxy) is 1. The third kappa shape index (κ3) is 4.39. The Balaban J connectivity index is 1.75. The van der Waals surface area contributed by atoms with E-state index in [4.69, 9.17) is 4.74 Å². The third-order valence-corrected chi connectivity index (χ3v) is 3.73. The van der Waals surface area contributed by atoms with E-state index < -0.39 is 11.7 Å². The average Bonchev–Trinajstić information content (AvgIpc) is 2.66. The zero-order valence-electron chi connectivity index (χ0n) is 14.6. The summed E-state index contributed by atoms with van der Waals surface area (Å²) in [6.45, 7) is 2.70. The van der Waals surface area contributed by atoms with Crippen LogP contribution in [0.3, 0.4) is 0 Å². The highest BCUT2D eigenvalue weighted by atomic mass is 19.1. The number of nitrogens with zero attached hydrogens (tertiary/aromatic N) is 6. The fourth-order valence-corrected chi connectivity index (χ4v) is 2.38. The van der Waals surface area contributed by atoms with Crippen LogP contribution in [0, 0.1) is 5.82 Å². The molecule has 10 heteroatoms. The Morgan fingerprint density at radius 2 is 2.04 bits per heavy atom. The van der Waals surface area contributed by atoms with Crippen LogP contribution in [-0.2, 0) is 11.3 Å². The minimum atomic E-state index is -0.567. The Labute approximate surface area is 150 Å². The number of amides is 1. The van der Waals surface area contributed by atoms with Gasteiger partial charge in [-0.2, -0.15) is 15.0 Å². The van der Waals surface area contributed by atoms with Crippen molar-refractivity contribution >= 4 is 17.8 Å². The third-order valence-electron chi connectivity index (χ3n) is 3.73. The molecule has 1 N–H and O–H groups in total. The molecule has 1 aliphatic heterocycles. The Kier molecular flexibility index (Phi) is 5.52. The molecule has 3 heterocycles. The normalized spacial score (nSPS) is 14.2. The Morgan fingerprint density at radius 3 is 2.73 bits per heavy atom. The molecule has 1 fully saturated rings. The molecule has 138 valence electrons. The maximum atomic E-state index is 13.2. The van der Waals surface area contributed by atoms with Crippen LogP contribution in [-0.4, -0.2) is 66.2 Å². The highest BCUT2D eigenvalue weighted by molar-refractivity contribution is 5.93. The second-order valence-corrected chi connectivity index (χ2v) is 5.92. The van der Waals surface area contributed by atoms with E-state index in [0.29, 0.717) is 44.0 Å². The van der Waals surface area contributed by atoms with Crippen LogP contribution in [0.15, 0.2) is 18.5 Å². The Morgan fingerprint density at radius 1 is 1.27 bits per heavy atom. The SMILES string of the molecule is CN(C)c1nc(CNC(=O)c2cncc(F)c2)nc(N2CCOCC2)n1. The van der Waals surface area contributed by atoms with Gasteiger partial charge in [-0.05, 0) is 6.07 Å². The van der Waals surface area contributed by atoms with Crippen molar-refractivity contribution in [2.75, 3.05) is 50.2 Å². The zero-order chi connectivity index (χ0) is 18.5. The first-order valence-corrected chi connectivity index (χ1v) is 8.16. The molecule has 1 amide bonds. The molecule has 1 aliphatic rings. The van der Waals surface area contributed by atoms with Crippen molar-refractivity contribution in [3.63, 3.8) is 0 Å². The molecule has 0 bridgehead atoms. The molecule has 0 radical (unpaired) electrons. The summed E-state index contributed by atoms with van der Waals surface area (Å²) in [5.41, 5.74) is 0.139. The number of anilines is 2. The van der Waals surface area contributed by atoms with E-state index in [1.54, 1.807) is 4.90 Å². The van der Waals surface area contributed by atoms with Gasteiger partial charge < -0.3 is 19.9 Å². The van der Waals surface area contributed by atoms with Crippen molar-refractivity contribution in [2.24, 2.45) is 0 Å². The van der Waals surface area contributed by atoms with Crippen LogP contribution in [0.5, 0.6) is 0 Å². The maximum absolute atomic E-state index is 13.2. The highest BCUT2D eigenvalue weighted by Gasteiger charge is 2.17. The Hall–Kier alpha value is -2.88. The van der Waals surface area contributed by atoms with Crippen molar-refractivity contribution in [1.29, 1.82) is 0 Å². The molecule has 2 aromatic heterocycles. The van der Waals surface area contributed by atoms with Crippen LogP contribution in [0.2, 0.25) is 0 Å². The fourth-order valence-electron chi connectivity index (χ4n) is 2.38. The van der Waals surface area contributed by atoms with Gasteiger partial charge in [-0.15, -0.1) is 0 Å². The van der Waals surface area contributed by atoms with E-state index in [9.17, 15) is 9.18 Å². The van der Waals surface area contributed by atoms with E-state index >= 15 is 0 Å². The van der Waals surface area contributed by atoms with Gasteiger partial charge in [0.2, 0.25) is 11.9 Å².